The van der Waals surface area contributed by atoms with Crippen LogP contribution in [0.1, 0.15) is 50.9 Å². The van der Waals surface area contributed by atoms with Gasteiger partial charge in [0.15, 0.2) is 0 Å². The normalized spacial score (nSPS) is 16.2. The van der Waals surface area contributed by atoms with Gasteiger partial charge in [-0.05, 0) is 40.5 Å². The fraction of sp³-hybridized carbons (Fsp3) is 0.667. The smallest absolute Gasteiger partial charge is 0.136 e. The largest absolute Gasteiger partial charge is 0.383 e. The topological polar surface area (TPSA) is 63.8 Å². The fourth-order valence-corrected chi connectivity index (χ4v) is 1.55. The predicted octanol–water partition coefficient (Wildman–Crippen LogP) is 2.46. The van der Waals surface area contributed by atoms with Crippen LogP contribution >= 0.6 is 0 Å². The lowest BCUT2D eigenvalue weighted by Gasteiger charge is -2.23. The molecule has 4 nitrogen and oxygen atoms in total. The van der Waals surface area contributed by atoms with E-state index in [1.807, 2.05) is 6.92 Å². The zero-order chi connectivity index (χ0) is 11.9. The Morgan fingerprint density at radius 3 is 2.38 bits per heavy atom. The lowest BCUT2D eigenvalue weighted by Crippen LogP contribution is -2.27. The number of anilines is 2. The van der Waals surface area contributed by atoms with E-state index in [4.69, 9.17) is 5.73 Å². The van der Waals surface area contributed by atoms with E-state index in [-0.39, 0.29) is 5.54 Å². The van der Waals surface area contributed by atoms with Gasteiger partial charge in [0.1, 0.15) is 17.5 Å². The number of nitrogens with zero attached hydrogens (tertiary/aromatic N) is 2. The van der Waals surface area contributed by atoms with Crippen LogP contribution in [0.3, 0.4) is 0 Å². The number of nitrogens with one attached hydrogen (secondary N) is 1. The first kappa shape index (κ1) is 11.2. The van der Waals surface area contributed by atoms with Gasteiger partial charge >= 0.3 is 0 Å². The highest BCUT2D eigenvalue weighted by Gasteiger charge is 2.28. The number of hydrogen-bond acceptors (Lipinski definition) is 4. The lowest BCUT2D eigenvalue weighted by atomic mass is 10.1. The predicted molar refractivity (Wildman–Crippen MR) is 66.5 cm³/mol. The van der Waals surface area contributed by atoms with E-state index in [9.17, 15) is 0 Å². The molecule has 1 aliphatic rings. The van der Waals surface area contributed by atoms with Crippen LogP contribution in [0, 0.1) is 6.92 Å². The third-order valence-electron chi connectivity index (χ3n) is 2.64. The molecule has 0 amide bonds. The minimum atomic E-state index is -0.00757. The van der Waals surface area contributed by atoms with E-state index in [0.717, 1.165) is 17.2 Å². The van der Waals surface area contributed by atoms with Crippen LogP contribution in [-0.2, 0) is 0 Å². The molecule has 0 atom stereocenters. The summed E-state index contributed by atoms with van der Waals surface area (Å²) in [5.74, 6) is 2.91. The molecular formula is C12H20N4. The second kappa shape index (κ2) is 3.61. The quantitative estimate of drug-likeness (QED) is 0.803. The van der Waals surface area contributed by atoms with Gasteiger partial charge < -0.3 is 11.1 Å². The summed E-state index contributed by atoms with van der Waals surface area (Å²) in [4.78, 5) is 8.93. The summed E-state index contributed by atoms with van der Waals surface area (Å²) in [6.45, 7) is 8.30. The zero-order valence-corrected chi connectivity index (χ0v) is 10.5. The first-order valence-corrected chi connectivity index (χ1v) is 5.79. The van der Waals surface area contributed by atoms with Crippen LogP contribution in [0.2, 0.25) is 0 Å². The van der Waals surface area contributed by atoms with Crippen molar-refractivity contribution in [1.82, 2.24) is 9.97 Å². The van der Waals surface area contributed by atoms with Crippen LogP contribution < -0.4 is 11.1 Å². The first-order chi connectivity index (χ1) is 7.37. The van der Waals surface area contributed by atoms with Crippen LogP contribution in [0.15, 0.2) is 0 Å². The average molecular weight is 220 g/mol. The second-order valence-electron chi connectivity index (χ2n) is 5.59. The molecule has 4 heteroatoms. The van der Waals surface area contributed by atoms with Crippen molar-refractivity contribution in [3.63, 3.8) is 0 Å². The second-order valence-corrected chi connectivity index (χ2v) is 5.59. The maximum atomic E-state index is 5.91. The third kappa shape index (κ3) is 2.43. The molecule has 1 heterocycles. The number of nitrogen functional groups attached to an aromatic ring is 1. The van der Waals surface area contributed by atoms with E-state index in [0.29, 0.717) is 11.7 Å². The van der Waals surface area contributed by atoms with Gasteiger partial charge in [0.2, 0.25) is 0 Å². The van der Waals surface area contributed by atoms with Crippen LogP contribution in [0.4, 0.5) is 11.6 Å². The summed E-state index contributed by atoms with van der Waals surface area (Å²) in [6.07, 6.45) is 2.38. The molecule has 0 saturated heterocycles. The zero-order valence-electron chi connectivity index (χ0n) is 10.5. The van der Waals surface area contributed by atoms with E-state index in [1.165, 1.54) is 12.8 Å². The third-order valence-corrected chi connectivity index (χ3v) is 2.64. The minimum absolute atomic E-state index is 0.00757. The highest BCUT2D eigenvalue weighted by Crippen LogP contribution is 2.39. The van der Waals surface area contributed by atoms with Crippen molar-refractivity contribution in [1.29, 1.82) is 0 Å². The summed E-state index contributed by atoms with van der Waals surface area (Å²) in [6, 6.07) is 0. The highest BCUT2D eigenvalue weighted by atomic mass is 15.1. The van der Waals surface area contributed by atoms with Crippen molar-refractivity contribution < 1.29 is 0 Å². The Bertz CT molecular complexity index is 402. The molecule has 0 bridgehead atoms. The molecule has 1 fully saturated rings. The Morgan fingerprint density at radius 2 is 1.88 bits per heavy atom. The molecule has 1 aromatic heterocycles. The van der Waals surface area contributed by atoms with Gasteiger partial charge in [0, 0.05) is 17.0 Å². The van der Waals surface area contributed by atoms with Crippen molar-refractivity contribution in [2.24, 2.45) is 0 Å². The molecular weight excluding hydrogens is 200 g/mol. The number of hydrogen-bond donors (Lipinski definition) is 2. The SMILES string of the molecule is Cc1c(N)nc(C2CC2)nc1NC(C)(C)C. The summed E-state index contributed by atoms with van der Waals surface area (Å²) in [5, 5.41) is 3.38. The minimum Gasteiger partial charge on any atom is -0.383 e. The average Bonchev–Trinajstić information content (AvgIpc) is 2.93. The molecule has 0 unspecified atom stereocenters. The molecule has 1 saturated carbocycles. The number of nitrogens with two attached hydrogens (primary N) is 1. The molecule has 1 aromatic rings. The summed E-state index contributed by atoms with van der Waals surface area (Å²) >= 11 is 0. The monoisotopic (exact) mass is 220 g/mol. The Balaban J connectivity index is 2.34. The van der Waals surface area contributed by atoms with Crippen molar-refractivity contribution in [2.75, 3.05) is 11.1 Å². The summed E-state index contributed by atoms with van der Waals surface area (Å²) in [5.41, 5.74) is 6.85. The van der Waals surface area contributed by atoms with Crippen LogP contribution in [0.5, 0.6) is 0 Å². The van der Waals surface area contributed by atoms with Gasteiger partial charge in [-0.3, -0.25) is 0 Å². The van der Waals surface area contributed by atoms with Crippen molar-refractivity contribution in [3.8, 4) is 0 Å². The Hall–Kier alpha value is -1.32. The van der Waals surface area contributed by atoms with E-state index in [2.05, 4.69) is 36.1 Å². The molecule has 3 N–H and O–H groups in total. The molecule has 2 rings (SSSR count). The van der Waals surface area contributed by atoms with Crippen LogP contribution in [0.25, 0.3) is 0 Å². The number of aromatic nitrogens is 2. The number of rotatable bonds is 2. The Morgan fingerprint density at radius 1 is 1.25 bits per heavy atom. The van der Waals surface area contributed by atoms with Gasteiger partial charge in [0.25, 0.3) is 0 Å². The molecule has 88 valence electrons. The van der Waals surface area contributed by atoms with E-state index < -0.39 is 0 Å². The van der Waals surface area contributed by atoms with Gasteiger partial charge in [-0.15, -0.1) is 0 Å². The Labute approximate surface area is 96.7 Å². The standard InChI is InChI=1S/C12H20N4/c1-7-9(13)14-11(8-5-6-8)15-10(7)16-12(2,3)4/h8H,5-6H2,1-4H3,(H3,13,14,15,16). The molecule has 0 aliphatic heterocycles. The first-order valence-electron chi connectivity index (χ1n) is 5.79. The van der Waals surface area contributed by atoms with Gasteiger partial charge in [-0.1, -0.05) is 0 Å². The molecule has 0 spiro atoms. The summed E-state index contributed by atoms with van der Waals surface area (Å²) < 4.78 is 0. The van der Waals surface area contributed by atoms with Crippen LogP contribution in [-0.4, -0.2) is 15.5 Å². The molecule has 0 radical (unpaired) electrons. The highest BCUT2D eigenvalue weighted by molar-refractivity contribution is 5.56. The van der Waals surface area contributed by atoms with Crippen molar-refractivity contribution >= 4 is 11.6 Å². The molecule has 16 heavy (non-hydrogen) atoms. The van der Waals surface area contributed by atoms with E-state index in [1.54, 1.807) is 0 Å². The lowest BCUT2D eigenvalue weighted by molar-refractivity contribution is 0.628. The van der Waals surface area contributed by atoms with Gasteiger partial charge in [0.05, 0.1) is 0 Å². The van der Waals surface area contributed by atoms with Gasteiger partial charge in [-0.2, -0.15) is 0 Å². The van der Waals surface area contributed by atoms with Gasteiger partial charge in [-0.25, -0.2) is 9.97 Å². The van der Waals surface area contributed by atoms with E-state index >= 15 is 0 Å². The maximum Gasteiger partial charge on any atom is 0.136 e. The molecule has 1 aliphatic carbocycles. The fourth-order valence-electron chi connectivity index (χ4n) is 1.55. The van der Waals surface area contributed by atoms with Crippen molar-refractivity contribution in [2.45, 2.75) is 52.0 Å². The summed E-state index contributed by atoms with van der Waals surface area (Å²) in [7, 11) is 0. The Kier molecular flexibility index (Phi) is 2.52. The van der Waals surface area contributed by atoms with Crippen molar-refractivity contribution in [3.05, 3.63) is 11.4 Å². The maximum absolute atomic E-state index is 5.91. The molecule has 0 aromatic carbocycles.